The number of esters is 1. The molecule has 2 fully saturated rings. The Bertz CT molecular complexity index is 1000. The summed E-state index contributed by atoms with van der Waals surface area (Å²) in [6.45, 7) is 7.06. The molecular formula is C32H45N3O4. The first-order chi connectivity index (χ1) is 18.9. The number of carbonyl (C=O) groups is 2. The van der Waals surface area contributed by atoms with Gasteiger partial charge in [0.1, 0.15) is 5.60 Å². The van der Waals surface area contributed by atoms with Crippen LogP contribution in [-0.4, -0.2) is 60.3 Å². The molecule has 212 valence electrons. The molecule has 2 aromatic rings. The number of piperidine rings is 1. The third-order valence-corrected chi connectivity index (χ3v) is 8.56. The van der Waals surface area contributed by atoms with E-state index < -0.39 is 11.6 Å². The second-order valence-corrected chi connectivity index (χ2v) is 11.2. The first-order valence-corrected chi connectivity index (χ1v) is 14.7. The van der Waals surface area contributed by atoms with Gasteiger partial charge in [0.15, 0.2) is 0 Å². The Morgan fingerprint density at radius 1 is 1.00 bits per heavy atom. The molecule has 7 heteroatoms. The molecule has 1 saturated carbocycles. The van der Waals surface area contributed by atoms with E-state index in [0.29, 0.717) is 12.5 Å². The van der Waals surface area contributed by atoms with Gasteiger partial charge in [0.2, 0.25) is 0 Å². The summed E-state index contributed by atoms with van der Waals surface area (Å²) in [6, 6.07) is 18.4. The number of likely N-dealkylation sites (tertiary alicyclic amines) is 1. The standard InChI is InChI=1S/C32H45N3O4/c1-3-39-30(36)26-11-10-21-35(23-26)22-20-25-16-18-29(19-17-25)34-31(37)33-24(2)32(38,27-12-6-4-7-13-27)28-14-8-5-9-15-28/h4-9,12-15,24-26,29,38H,3,10-11,16-23H2,1-2H3,(H2,33,34,37)/t24-,25?,26?,29?/m1/s1. The Morgan fingerprint density at radius 3 is 2.21 bits per heavy atom. The lowest BCUT2D eigenvalue weighted by molar-refractivity contribution is -0.149. The smallest absolute Gasteiger partial charge is 0.315 e. The van der Waals surface area contributed by atoms with E-state index in [9.17, 15) is 14.7 Å². The van der Waals surface area contributed by atoms with E-state index in [-0.39, 0.29) is 24.0 Å². The zero-order valence-electron chi connectivity index (χ0n) is 23.5. The number of amides is 2. The minimum atomic E-state index is -1.35. The molecule has 1 saturated heterocycles. The molecule has 0 radical (unpaired) electrons. The lowest BCUT2D eigenvalue weighted by Crippen LogP contribution is -2.54. The highest BCUT2D eigenvalue weighted by Gasteiger charge is 2.39. The fourth-order valence-electron chi connectivity index (χ4n) is 6.25. The third-order valence-electron chi connectivity index (χ3n) is 8.56. The molecule has 0 spiro atoms. The monoisotopic (exact) mass is 535 g/mol. The summed E-state index contributed by atoms with van der Waals surface area (Å²) in [5.74, 6) is 0.614. The number of urea groups is 1. The van der Waals surface area contributed by atoms with E-state index in [1.807, 2.05) is 74.5 Å². The molecule has 2 amide bonds. The fourth-order valence-corrected chi connectivity index (χ4v) is 6.25. The van der Waals surface area contributed by atoms with Gasteiger partial charge in [-0.3, -0.25) is 4.79 Å². The Hall–Kier alpha value is -2.90. The van der Waals surface area contributed by atoms with Crippen LogP contribution in [0.5, 0.6) is 0 Å². The molecule has 7 nitrogen and oxygen atoms in total. The maximum absolute atomic E-state index is 13.0. The summed E-state index contributed by atoms with van der Waals surface area (Å²) >= 11 is 0. The molecule has 1 heterocycles. The quantitative estimate of drug-likeness (QED) is 0.379. The Labute approximate surface area is 233 Å². The van der Waals surface area contributed by atoms with Crippen LogP contribution in [0, 0.1) is 11.8 Å². The van der Waals surface area contributed by atoms with E-state index >= 15 is 0 Å². The van der Waals surface area contributed by atoms with Crippen molar-refractivity contribution >= 4 is 12.0 Å². The van der Waals surface area contributed by atoms with Crippen molar-refractivity contribution in [2.75, 3.05) is 26.2 Å². The summed E-state index contributed by atoms with van der Waals surface area (Å²) in [6.07, 6.45) is 7.21. The number of hydrogen-bond acceptors (Lipinski definition) is 5. The lowest BCUT2D eigenvalue weighted by Gasteiger charge is -2.37. The summed E-state index contributed by atoms with van der Waals surface area (Å²) in [7, 11) is 0. The summed E-state index contributed by atoms with van der Waals surface area (Å²) in [4.78, 5) is 27.6. The molecule has 2 aromatic carbocycles. The van der Waals surface area contributed by atoms with E-state index in [0.717, 1.165) is 75.7 Å². The van der Waals surface area contributed by atoms with Crippen molar-refractivity contribution in [2.24, 2.45) is 11.8 Å². The number of aliphatic hydroxyl groups is 1. The molecule has 39 heavy (non-hydrogen) atoms. The predicted molar refractivity (Wildman–Crippen MR) is 153 cm³/mol. The molecule has 1 aliphatic carbocycles. The maximum Gasteiger partial charge on any atom is 0.315 e. The van der Waals surface area contributed by atoms with Gasteiger partial charge in [0.05, 0.1) is 18.6 Å². The number of benzene rings is 2. The van der Waals surface area contributed by atoms with Gasteiger partial charge in [-0.25, -0.2) is 4.79 Å². The topological polar surface area (TPSA) is 90.9 Å². The van der Waals surface area contributed by atoms with Crippen molar-refractivity contribution in [1.29, 1.82) is 0 Å². The van der Waals surface area contributed by atoms with Gasteiger partial charge in [-0.15, -0.1) is 0 Å². The average Bonchev–Trinajstić information content (AvgIpc) is 2.97. The highest BCUT2D eigenvalue weighted by atomic mass is 16.5. The maximum atomic E-state index is 13.0. The molecule has 1 unspecified atom stereocenters. The van der Waals surface area contributed by atoms with Gasteiger partial charge < -0.3 is 25.4 Å². The Kier molecular flexibility index (Phi) is 10.4. The van der Waals surface area contributed by atoms with E-state index in [1.165, 1.54) is 0 Å². The van der Waals surface area contributed by atoms with Crippen molar-refractivity contribution in [3.63, 3.8) is 0 Å². The van der Waals surface area contributed by atoms with Crippen LogP contribution in [0.25, 0.3) is 0 Å². The summed E-state index contributed by atoms with van der Waals surface area (Å²) < 4.78 is 5.24. The number of hydrogen-bond donors (Lipinski definition) is 3. The summed E-state index contributed by atoms with van der Waals surface area (Å²) in [5, 5.41) is 18.1. The molecule has 1 aliphatic heterocycles. The van der Waals surface area contributed by atoms with Crippen LogP contribution < -0.4 is 10.6 Å². The molecule has 0 aromatic heterocycles. The van der Waals surface area contributed by atoms with Crippen LogP contribution in [0.2, 0.25) is 0 Å². The number of nitrogens with one attached hydrogen (secondary N) is 2. The fraction of sp³-hybridized carbons (Fsp3) is 0.562. The first kappa shape index (κ1) is 29.1. The molecule has 2 aliphatic rings. The van der Waals surface area contributed by atoms with Crippen LogP contribution >= 0.6 is 0 Å². The van der Waals surface area contributed by atoms with Crippen LogP contribution in [-0.2, 0) is 15.1 Å². The average molecular weight is 536 g/mol. The highest BCUT2D eigenvalue weighted by Crippen LogP contribution is 2.33. The van der Waals surface area contributed by atoms with Crippen LogP contribution in [0.4, 0.5) is 4.79 Å². The number of carbonyl (C=O) groups excluding carboxylic acids is 2. The van der Waals surface area contributed by atoms with Crippen LogP contribution in [0.3, 0.4) is 0 Å². The van der Waals surface area contributed by atoms with Crippen LogP contribution in [0.15, 0.2) is 60.7 Å². The zero-order valence-corrected chi connectivity index (χ0v) is 23.5. The summed E-state index contributed by atoms with van der Waals surface area (Å²) in [5.41, 5.74) is 0.136. The van der Waals surface area contributed by atoms with E-state index in [1.54, 1.807) is 0 Å². The van der Waals surface area contributed by atoms with Gasteiger partial charge in [-0.05, 0) is 88.9 Å². The van der Waals surface area contributed by atoms with Gasteiger partial charge in [0.25, 0.3) is 0 Å². The van der Waals surface area contributed by atoms with Crippen molar-refractivity contribution in [2.45, 2.75) is 76.5 Å². The molecule has 4 rings (SSSR count). The van der Waals surface area contributed by atoms with Crippen molar-refractivity contribution < 1.29 is 19.4 Å². The minimum Gasteiger partial charge on any atom is -0.466 e. The number of rotatable bonds is 10. The third kappa shape index (κ3) is 7.61. The SMILES string of the molecule is CCOC(=O)C1CCCN(CCC2CCC(NC(=O)N[C@H](C)C(O)(c3ccccc3)c3ccccc3)CC2)C1. The second kappa shape index (κ2) is 13.9. The zero-order chi connectivity index (χ0) is 27.7. The van der Waals surface area contributed by atoms with Gasteiger partial charge in [0, 0.05) is 12.6 Å². The number of nitrogens with zero attached hydrogens (tertiary/aromatic N) is 1. The van der Waals surface area contributed by atoms with Gasteiger partial charge in [-0.2, -0.15) is 0 Å². The van der Waals surface area contributed by atoms with Gasteiger partial charge >= 0.3 is 12.0 Å². The largest absolute Gasteiger partial charge is 0.466 e. The lowest BCUT2D eigenvalue weighted by atomic mass is 9.81. The van der Waals surface area contributed by atoms with Gasteiger partial charge in [-0.1, -0.05) is 60.7 Å². The highest BCUT2D eigenvalue weighted by molar-refractivity contribution is 5.75. The Morgan fingerprint density at radius 2 is 1.62 bits per heavy atom. The second-order valence-electron chi connectivity index (χ2n) is 11.2. The predicted octanol–water partition coefficient (Wildman–Crippen LogP) is 4.83. The van der Waals surface area contributed by atoms with E-state index in [4.69, 9.17) is 4.74 Å². The van der Waals surface area contributed by atoms with E-state index in [2.05, 4.69) is 15.5 Å². The Balaban J connectivity index is 1.24. The minimum absolute atomic E-state index is 0.0148. The normalized spacial score (nSPS) is 23.0. The van der Waals surface area contributed by atoms with Crippen molar-refractivity contribution in [1.82, 2.24) is 15.5 Å². The first-order valence-electron chi connectivity index (χ1n) is 14.7. The number of ether oxygens (including phenoxy) is 1. The molecule has 3 N–H and O–H groups in total. The van der Waals surface area contributed by atoms with Crippen LogP contribution in [0.1, 0.15) is 69.9 Å². The molecule has 2 atom stereocenters. The molecular weight excluding hydrogens is 490 g/mol. The van der Waals surface area contributed by atoms with Crippen molar-refractivity contribution in [3.05, 3.63) is 71.8 Å². The molecule has 0 bridgehead atoms. The van der Waals surface area contributed by atoms with Crippen molar-refractivity contribution in [3.8, 4) is 0 Å².